The number of aliphatic carboxylic acids is 1. The summed E-state index contributed by atoms with van der Waals surface area (Å²) in [6.45, 7) is 2.11. The third-order valence-corrected chi connectivity index (χ3v) is 3.61. The Hall–Kier alpha value is -1.06. The van der Waals surface area contributed by atoms with Crippen molar-refractivity contribution < 1.29 is 9.90 Å². The number of hydrogen-bond donors (Lipinski definition) is 2. The molecule has 0 heterocycles. The molecule has 0 saturated heterocycles. The molecular weight excluding hydrogens is 250 g/mol. The van der Waals surface area contributed by atoms with Gasteiger partial charge in [0.25, 0.3) is 0 Å². The summed E-state index contributed by atoms with van der Waals surface area (Å²) in [5, 5.41) is 12.1. The molecule has 1 aromatic rings. The van der Waals surface area contributed by atoms with Crippen LogP contribution >= 0.6 is 12.4 Å². The fraction of sp³-hybridized carbons (Fsp3) is 0.500. The third-order valence-electron chi connectivity index (χ3n) is 3.61. The lowest BCUT2D eigenvalue weighted by molar-refractivity contribution is -0.136. The summed E-state index contributed by atoms with van der Waals surface area (Å²) in [5.74, 6) is -0.788. The molecule has 18 heavy (non-hydrogen) atoms. The Morgan fingerprint density at radius 2 is 2.06 bits per heavy atom. The van der Waals surface area contributed by atoms with Crippen LogP contribution in [0.3, 0.4) is 0 Å². The number of aryl methyl sites for hydroxylation is 1. The van der Waals surface area contributed by atoms with E-state index in [0.29, 0.717) is 0 Å². The SMILES string of the molecule is Cc1cccc(C2(NCC(=O)O)CCCC2)c1.Cl. The van der Waals surface area contributed by atoms with Crippen molar-refractivity contribution >= 4 is 18.4 Å². The number of rotatable bonds is 4. The van der Waals surface area contributed by atoms with E-state index in [4.69, 9.17) is 5.11 Å². The van der Waals surface area contributed by atoms with Crippen molar-refractivity contribution in [3.63, 3.8) is 0 Å². The topological polar surface area (TPSA) is 49.3 Å². The fourth-order valence-electron chi connectivity index (χ4n) is 2.73. The molecule has 1 aliphatic rings. The second-order valence-corrected chi connectivity index (χ2v) is 4.91. The summed E-state index contributed by atoms with van der Waals surface area (Å²) >= 11 is 0. The maximum Gasteiger partial charge on any atom is 0.317 e. The van der Waals surface area contributed by atoms with Gasteiger partial charge in [-0.05, 0) is 25.3 Å². The average Bonchev–Trinajstić information content (AvgIpc) is 2.76. The van der Waals surface area contributed by atoms with Crippen molar-refractivity contribution in [1.29, 1.82) is 0 Å². The first-order chi connectivity index (χ1) is 8.12. The fourth-order valence-corrected chi connectivity index (χ4v) is 2.73. The summed E-state index contributed by atoms with van der Waals surface area (Å²) in [7, 11) is 0. The molecule has 1 saturated carbocycles. The maximum atomic E-state index is 10.7. The van der Waals surface area contributed by atoms with Crippen LogP contribution in [0.25, 0.3) is 0 Å². The summed E-state index contributed by atoms with van der Waals surface area (Å²) in [6.07, 6.45) is 4.40. The van der Waals surface area contributed by atoms with E-state index in [1.54, 1.807) is 0 Å². The number of halogens is 1. The minimum absolute atomic E-state index is 0. The van der Waals surface area contributed by atoms with Gasteiger partial charge in [0, 0.05) is 5.54 Å². The first-order valence-electron chi connectivity index (χ1n) is 6.16. The Labute approximate surface area is 114 Å². The predicted octanol–water partition coefficient (Wildman–Crippen LogP) is 2.86. The van der Waals surface area contributed by atoms with Gasteiger partial charge in [0.2, 0.25) is 0 Å². The quantitative estimate of drug-likeness (QED) is 0.884. The van der Waals surface area contributed by atoms with Crippen molar-refractivity contribution in [3.8, 4) is 0 Å². The van der Waals surface area contributed by atoms with E-state index in [1.165, 1.54) is 24.0 Å². The molecule has 3 nitrogen and oxygen atoms in total. The van der Waals surface area contributed by atoms with Gasteiger partial charge in [-0.1, -0.05) is 42.7 Å². The Bertz CT molecular complexity index is 414. The second kappa shape index (κ2) is 6.21. The van der Waals surface area contributed by atoms with Crippen molar-refractivity contribution in [3.05, 3.63) is 35.4 Å². The molecule has 1 aliphatic carbocycles. The van der Waals surface area contributed by atoms with E-state index < -0.39 is 5.97 Å². The summed E-state index contributed by atoms with van der Waals surface area (Å²) in [4.78, 5) is 10.7. The Morgan fingerprint density at radius 1 is 1.39 bits per heavy atom. The molecule has 1 fully saturated rings. The number of hydrogen-bond acceptors (Lipinski definition) is 2. The number of carboxylic acids is 1. The monoisotopic (exact) mass is 269 g/mol. The molecule has 0 aliphatic heterocycles. The van der Waals surface area contributed by atoms with Crippen LogP contribution < -0.4 is 5.32 Å². The summed E-state index contributed by atoms with van der Waals surface area (Å²) in [5.41, 5.74) is 2.34. The number of nitrogens with one attached hydrogen (secondary N) is 1. The Morgan fingerprint density at radius 3 is 2.61 bits per heavy atom. The van der Waals surface area contributed by atoms with E-state index in [1.807, 2.05) is 6.07 Å². The molecular formula is C14H20ClNO2. The largest absolute Gasteiger partial charge is 0.480 e. The van der Waals surface area contributed by atoms with Crippen molar-refractivity contribution in [1.82, 2.24) is 5.32 Å². The zero-order valence-corrected chi connectivity index (χ0v) is 11.4. The summed E-state index contributed by atoms with van der Waals surface area (Å²) in [6, 6.07) is 8.39. The van der Waals surface area contributed by atoms with Crippen LogP contribution in [0.5, 0.6) is 0 Å². The first kappa shape index (κ1) is 15.0. The highest BCUT2D eigenvalue weighted by molar-refractivity contribution is 5.85. The molecule has 1 aromatic carbocycles. The molecule has 100 valence electrons. The highest BCUT2D eigenvalue weighted by Gasteiger charge is 2.35. The normalized spacial score (nSPS) is 17.2. The van der Waals surface area contributed by atoms with Crippen LogP contribution in [0.4, 0.5) is 0 Å². The van der Waals surface area contributed by atoms with E-state index >= 15 is 0 Å². The summed E-state index contributed by atoms with van der Waals surface area (Å²) < 4.78 is 0. The highest BCUT2D eigenvalue weighted by Crippen LogP contribution is 2.38. The van der Waals surface area contributed by atoms with Gasteiger partial charge >= 0.3 is 5.97 Å². The lowest BCUT2D eigenvalue weighted by atomic mass is 9.87. The van der Waals surface area contributed by atoms with E-state index in [9.17, 15) is 4.79 Å². The molecule has 4 heteroatoms. The van der Waals surface area contributed by atoms with Gasteiger partial charge in [-0.25, -0.2) is 0 Å². The number of carboxylic acid groups (broad SMARTS) is 1. The van der Waals surface area contributed by atoms with E-state index in [2.05, 4.69) is 30.4 Å². The molecule has 2 rings (SSSR count). The van der Waals surface area contributed by atoms with Gasteiger partial charge in [-0.15, -0.1) is 12.4 Å². The molecule has 2 N–H and O–H groups in total. The van der Waals surface area contributed by atoms with Crippen molar-refractivity contribution in [2.45, 2.75) is 38.1 Å². The lowest BCUT2D eigenvalue weighted by Gasteiger charge is -2.31. The third kappa shape index (κ3) is 3.24. The molecule has 0 unspecified atom stereocenters. The predicted molar refractivity (Wildman–Crippen MR) is 74.2 cm³/mol. The van der Waals surface area contributed by atoms with Gasteiger partial charge in [-0.3, -0.25) is 10.1 Å². The average molecular weight is 270 g/mol. The van der Waals surface area contributed by atoms with Crippen LogP contribution in [-0.2, 0) is 10.3 Å². The van der Waals surface area contributed by atoms with Gasteiger partial charge < -0.3 is 5.11 Å². The minimum Gasteiger partial charge on any atom is -0.480 e. The smallest absolute Gasteiger partial charge is 0.317 e. The molecule has 0 amide bonds. The van der Waals surface area contributed by atoms with Gasteiger partial charge in [0.1, 0.15) is 0 Å². The molecule has 0 spiro atoms. The molecule has 0 atom stereocenters. The number of carbonyl (C=O) groups is 1. The van der Waals surface area contributed by atoms with Crippen molar-refractivity contribution in [2.24, 2.45) is 0 Å². The number of benzene rings is 1. The van der Waals surface area contributed by atoms with Crippen LogP contribution in [0.2, 0.25) is 0 Å². The van der Waals surface area contributed by atoms with Gasteiger partial charge in [0.15, 0.2) is 0 Å². The lowest BCUT2D eigenvalue weighted by Crippen LogP contribution is -2.42. The first-order valence-corrected chi connectivity index (χ1v) is 6.16. The van der Waals surface area contributed by atoms with Crippen LogP contribution in [-0.4, -0.2) is 17.6 Å². The second-order valence-electron chi connectivity index (χ2n) is 4.91. The Balaban J connectivity index is 0.00000162. The van der Waals surface area contributed by atoms with Crippen molar-refractivity contribution in [2.75, 3.05) is 6.54 Å². The zero-order valence-electron chi connectivity index (χ0n) is 10.6. The van der Waals surface area contributed by atoms with Gasteiger partial charge in [0.05, 0.1) is 6.54 Å². The van der Waals surface area contributed by atoms with E-state index in [-0.39, 0.29) is 24.5 Å². The standard InChI is InChI=1S/C14H19NO2.ClH/c1-11-5-4-6-12(9-11)14(7-2-3-8-14)15-10-13(16)17;/h4-6,9,15H,2-3,7-8,10H2,1H3,(H,16,17);1H. The molecule has 0 aromatic heterocycles. The van der Waals surface area contributed by atoms with Crippen LogP contribution in [0.15, 0.2) is 24.3 Å². The Kier molecular flexibility index (Phi) is 5.17. The van der Waals surface area contributed by atoms with Crippen LogP contribution in [0, 0.1) is 6.92 Å². The highest BCUT2D eigenvalue weighted by atomic mass is 35.5. The molecule has 0 bridgehead atoms. The van der Waals surface area contributed by atoms with Gasteiger partial charge in [-0.2, -0.15) is 0 Å². The maximum absolute atomic E-state index is 10.7. The van der Waals surface area contributed by atoms with E-state index in [0.717, 1.165) is 12.8 Å². The minimum atomic E-state index is -0.788. The zero-order chi connectivity index (χ0) is 12.3. The van der Waals surface area contributed by atoms with Crippen LogP contribution in [0.1, 0.15) is 36.8 Å². The molecule has 0 radical (unpaired) electrons.